The maximum atomic E-state index is 6.56. The summed E-state index contributed by atoms with van der Waals surface area (Å²) in [5.41, 5.74) is 20.6. The SMILES string of the molecule is CCCCC(CC)COc1ccc(-c2cc(-c3ccc(OCC(CC)CCCC)cc3)cc(-c3ccc4cc(-c5cc(-c6ccc(OCC(CC)CCCC)cc6)cc(-c6ccc(OCC(CC)CCCC)cc6)c5)c5ccc(-c6cc(-c7ccc(OCC(CC)CCCC)cc7)cc(-c7ccc(OCC(CC)CCCC)cc7)c6)nc5c4n3)c2)cc1. The van der Waals surface area contributed by atoms with Gasteiger partial charge < -0.3 is 28.4 Å². The number of pyridine rings is 2. The molecule has 0 amide bonds. The van der Waals surface area contributed by atoms with Crippen LogP contribution < -0.4 is 28.4 Å². The maximum absolute atomic E-state index is 6.56. The number of ether oxygens (including phenoxy) is 6. The van der Waals surface area contributed by atoms with Crippen LogP contribution in [0.5, 0.6) is 34.5 Å². The molecule has 0 spiro atoms. The summed E-state index contributed by atoms with van der Waals surface area (Å²) in [6.45, 7) is 31.6. The van der Waals surface area contributed by atoms with Gasteiger partial charge in [0, 0.05) is 21.9 Å². The van der Waals surface area contributed by atoms with E-state index in [1.807, 2.05) is 0 Å². The first-order valence-electron chi connectivity index (χ1n) is 47.5. The van der Waals surface area contributed by atoms with Crippen LogP contribution in [0.25, 0.3) is 122 Å². The van der Waals surface area contributed by atoms with Gasteiger partial charge in [-0.15, -0.1) is 0 Å². The number of unbranched alkanes of at least 4 members (excludes halogenated alkanes) is 6. The Morgan fingerprint density at radius 2 is 0.418 bits per heavy atom. The number of nitrogens with zero attached hydrogens (tertiary/aromatic N) is 2. The Kier molecular flexibility index (Phi) is 35.4. The molecule has 0 aliphatic carbocycles. The summed E-state index contributed by atoms with van der Waals surface area (Å²) in [6.07, 6.45) is 28.1. The molecule has 0 fully saturated rings. The molecule has 6 unspecified atom stereocenters. The first kappa shape index (κ1) is 91.0. The molecule has 2 aromatic heterocycles. The van der Waals surface area contributed by atoms with Gasteiger partial charge in [-0.3, -0.25) is 0 Å². The molecule has 10 aromatic carbocycles. The van der Waals surface area contributed by atoms with Crippen LogP contribution in [0.1, 0.15) is 237 Å². The second kappa shape index (κ2) is 47.5. The van der Waals surface area contributed by atoms with E-state index in [2.05, 4.69) is 314 Å². The topological polar surface area (TPSA) is 81.2 Å². The summed E-state index contributed by atoms with van der Waals surface area (Å²) in [7, 11) is 0. The van der Waals surface area contributed by atoms with Crippen molar-refractivity contribution in [2.24, 2.45) is 35.5 Å². The predicted octanol–water partition coefficient (Wildman–Crippen LogP) is 33.4. The van der Waals surface area contributed by atoms with Crippen molar-refractivity contribution in [3.63, 3.8) is 0 Å². The van der Waals surface area contributed by atoms with Gasteiger partial charge in [0.1, 0.15) is 34.5 Å². The summed E-state index contributed by atoms with van der Waals surface area (Å²) in [5.74, 6) is 8.50. The van der Waals surface area contributed by atoms with Gasteiger partial charge in [-0.05, 0) is 304 Å². The number of rotatable bonds is 51. The molecule has 8 heteroatoms. The lowest BCUT2D eigenvalue weighted by Crippen LogP contribution is -2.11. The molecule has 2 heterocycles. The molecule has 0 aliphatic rings. The summed E-state index contributed by atoms with van der Waals surface area (Å²) >= 11 is 0. The average Bonchev–Trinajstić information content (AvgIpc) is 0.740. The van der Waals surface area contributed by atoms with Crippen LogP contribution in [0.4, 0.5) is 0 Å². The van der Waals surface area contributed by atoms with Crippen molar-refractivity contribution in [2.75, 3.05) is 39.6 Å². The fraction of sp³-hybridized carbons (Fsp3) is 0.421. The van der Waals surface area contributed by atoms with E-state index in [4.69, 9.17) is 38.4 Å². The molecule has 642 valence electrons. The van der Waals surface area contributed by atoms with Gasteiger partial charge >= 0.3 is 0 Å². The lowest BCUT2D eigenvalue weighted by atomic mass is 9.90. The average molecular weight is 1630 g/mol. The van der Waals surface area contributed by atoms with E-state index in [1.54, 1.807) is 0 Å². The molecule has 0 radical (unpaired) electrons. The number of benzene rings is 10. The Morgan fingerprint density at radius 3 is 0.648 bits per heavy atom. The molecule has 122 heavy (non-hydrogen) atoms. The van der Waals surface area contributed by atoms with Crippen molar-refractivity contribution in [3.05, 3.63) is 231 Å². The Balaban J connectivity index is 1.03. The van der Waals surface area contributed by atoms with Crippen molar-refractivity contribution in [2.45, 2.75) is 237 Å². The van der Waals surface area contributed by atoms with E-state index >= 15 is 0 Å². The molecular formula is C114H140N2O6. The summed E-state index contributed by atoms with van der Waals surface area (Å²) in [6, 6.07) is 84.7. The zero-order valence-corrected chi connectivity index (χ0v) is 76.0. The standard InChI is InChI=1S/C114H140N2O6/c1-13-25-31-81(19-7)75-117-103-50-37-87(38-51-103)94-65-95(88-39-52-104(53-40-88)118-76-82(20-8)32-26-14-2)69-100(68-94)110-74-93-49-63-111(101-70-96(89-41-54-105(55-42-89)119-77-83(21-9)33-27-15-3)66-97(71-101)90-43-56-106(57-44-90)120-78-84(22-10)34-28-16-4)115-113(93)114-109(110)62-64-112(116-114)102-72-98(91-45-58-107(59-46-91)121-79-85(23-11)35-29-17-5)67-99(73-102)92-47-60-108(61-48-92)122-80-86(24-12)36-30-18-6/h37-74,81-86H,13-36,75-80H2,1-12H3. The van der Waals surface area contributed by atoms with Crippen LogP contribution in [0.3, 0.4) is 0 Å². The maximum Gasteiger partial charge on any atom is 0.119 e. The Hall–Kier alpha value is -10.2. The molecule has 0 bridgehead atoms. The zero-order valence-electron chi connectivity index (χ0n) is 76.0. The smallest absolute Gasteiger partial charge is 0.119 e. The Labute approximate surface area is 733 Å². The Bertz CT molecular complexity index is 4880. The normalized spacial score (nSPS) is 13.0. The zero-order chi connectivity index (χ0) is 85.4. The first-order chi connectivity index (χ1) is 59.8. The van der Waals surface area contributed by atoms with Crippen molar-refractivity contribution in [1.82, 2.24) is 9.97 Å². The monoisotopic (exact) mass is 1630 g/mol. The van der Waals surface area contributed by atoms with Crippen molar-refractivity contribution >= 4 is 21.8 Å². The minimum atomic E-state index is 0.525. The lowest BCUT2D eigenvalue weighted by molar-refractivity contribution is 0.233. The molecule has 0 saturated carbocycles. The summed E-state index contributed by atoms with van der Waals surface area (Å²) in [5, 5.41) is 1.98. The van der Waals surface area contributed by atoms with Crippen LogP contribution in [0.15, 0.2) is 231 Å². The van der Waals surface area contributed by atoms with Crippen LogP contribution in [-0.4, -0.2) is 49.6 Å². The van der Waals surface area contributed by atoms with Crippen LogP contribution in [0.2, 0.25) is 0 Å². The van der Waals surface area contributed by atoms with E-state index in [0.717, 1.165) is 195 Å². The third-order valence-electron chi connectivity index (χ3n) is 25.6. The quantitative estimate of drug-likeness (QED) is 0.0349. The fourth-order valence-corrected chi connectivity index (χ4v) is 16.9. The van der Waals surface area contributed by atoms with Gasteiger partial charge in [-0.25, -0.2) is 9.97 Å². The Morgan fingerprint density at radius 1 is 0.205 bits per heavy atom. The minimum absolute atomic E-state index is 0.525. The molecule has 12 aromatic rings. The van der Waals surface area contributed by atoms with Gasteiger partial charge in [0.2, 0.25) is 0 Å². The highest BCUT2D eigenvalue weighted by atomic mass is 16.5. The van der Waals surface area contributed by atoms with Crippen molar-refractivity contribution in [3.8, 4) is 135 Å². The van der Waals surface area contributed by atoms with Crippen LogP contribution >= 0.6 is 0 Å². The van der Waals surface area contributed by atoms with Gasteiger partial charge in [0.25, 0.3) is 0 Å². The predicted molar refractivity (Wildman–Crippen MR) is 519 cm³/mol. The highest BCUT2D eigenvalue weighted by Crippen LogP contribution is 2.44. The van der Waals surface area contributed by atoms with Gasteiger partial charge in [-0.1, -0.05) is 278 Å². The highest BCUT2D eigenvalue weighted by Gasteiger charge is 2.22. The molecule has 0 saturated heterocycles. The van der Waals surface area contributed by atoms with Gasteiger partial charge in [0.15, 0.2) is 0 Å². The van der Waals surface area contributed by atoms with Crippen molar-refractivity contribution < 1.29 is 28.4 Å². The lowest BCUT2D eigenvalue weighted by Gasteiger charge is -2.18. The molecule has 6 atom stereocenters. The third-order valence-corrected chi connectivity index (χ3v) is 25.6. The second-order valence-corrected chi connectivity index (χ2v) is 34.7. The number of hydrogen-bond acceptors (Lipinski definition) is 8. The molecule has 8 nitrogen and oxygen atoms in total. The van der Waals surface area contributed by atoms with Gasteiger partial charge in [0.05, 0.1) is 62.1 Å². The van der Waals surface area contributed by atoms with Crippen LogP contribution in [-0.2, 0) is 0 Å². The van der Waals surface area contributed by atoms with E-state index in [9.17, 15) is 0 Å². The highest BCUT2D eigenvalue weighted by molar-refractivity contribution is 6.12. The third kappa shape index (κ3) is 25.5. The number of aromatic nitrogens is 2. The number of hydrogen-bond donors (Lipinski definition) is 0. The van der Waals surface area contributed by atoms with Crippen LogP contribution in [0, 0.1) is 35.5 Å². The molecule has 0 N–H and O–H groups in total. The van der Waals surface area contributed by atoms with E-state index in [-0.39, 0.29) is 0 Å². The summed E-state index contributed by atoms with van der Waals surface area (Å²) in [4.78, 5) is 11.9. The first-order valence-corrected chi connectivity index (χ1v) is 47.5. The molecule has 0 aliphatic heterocycles. The minimum Gasteiger partial charge on any atom is -0.493 e. The second-order valence-electron chi connectivity index (χ2n) is 34.7. The molecular weight excluding hydrogens is 1490 g/mol. The van der Waals surface area contributed by atoms with E-state index in [1.165, 1.54) is 116 Å². The molecule has 12 rings (SSSR count). The van der Waals surface area contributed by atoms with Gasteiger partial charge in [-0.2, -0.15) is 0 Å². The van der Waals surface area contributed by atoms with E-state index in [0.29, 0.717) is 75.1 Å². The van der Waals surface area contributed by atoms with Crippen molar-refractivity contribution in [1.29, 1.82) is 0 Å². The summed E-state index contributed by atoms with van der Waals surface area (Å²) < 4.78 is 39.3. The largest absolute Gasteiger partial charge is 0.493 e. The van der Waals surface area contributed by atoms with E-state index < -0.39 is 0 Å². The number of fused-ring (bicyclic) bond motifs is 3. The fourth-order valence-electron chi connectivity index (χ4n) is 16.9.